The Morgan fingerprint density at radius 3 is 2.75 bits per heavy atom. The molecular weight excluding hydrogens is 208 g/mol. The van der Waals surface area contributed by atoms with Crippen molar-refractivity contribution in [1.29, 1.82) is 0 Å². The predicted octanol–water partition coefficient (Wildman–Crippen LogP) is 1.36. The van der Waals surface area contributed by atoms with Crippen molar-refractivity contribution in [2.45, 2.75) is 20.4 Å². The van der Waals surface area contributed by atoms with E-state index in [1.54, 1.807) is 11.0 Å². The fourth-order valence-corrected chi connectivity index (χ4v) is 1.51. The van der Waals surface area contributed by atoms with Crippen LogP contribution in [0.15, 0.2) is 17.2 Å². The van der Waals surface area contributed by atoms with E-state index >= 15 is 0 Å². The summed E-state index contributed by atoms with van der Waals surface area (Å²) >= 11 is 0. The van der Waals surface area contributed by atoms with Gasteiger partial charge in [-0.2, -0.15) is 0 Å². The van der Waals surface area contributed by atoms with Crippen LogP contribution in [0.1, 0.15) is 17.0 Å². The molecule has 0 spiro atoms. The number of aromatic nitrogens is 1. The normalized spacial score (nSPS) is 10.7. The van der Waals surface area contributed by atoms with Gasteiger partial charge in [-0.1, -0.05) is 11.2 Å². The molecule has 0 unspecified atom stereocenters. The number of nitrogens with zero attached hydrogens (tertiary/aromatic N) is 2. The highest BCUT2D eigenvalue weighted by molar-refractivity contribution is 5.69. The number of aliphatic carboxylic acids is 1. The molecule has 0 amide bonds. The summed E-state index contributed by atoms with van der Waals surface area (Å²) in [5.41, 5.74) is 1.75. The van der Waals surface area contributed by atoms with Gasteiger partial charge in [0.05, 0.1) is 12.2 Å². The van der Waals surface area contributed by atoms with Gasteiger partial charge in [-0.25, -0.2) is 0 Å². The van der Waals surface area contributed by atoms with Gasteiger partial charge in [-0.15, -0.1) is 6.58 Å². The highest BCUT2D eigenvalue weighted by Gasteiger charge is 2.14. The molecule has 1 aromatic rings. The first kappa shape index (κ1) is 12.4. The third-order valence-electron chi connectivity index (χ3n) is 2.31. The van der Waals surface area contributed by atoms with Crippen LogP contribution < -0.4 is 0 Å². The summed E-state index contributed by atoms with van der Waals surface area (Å²) in [6, 6.07) is 0. The second-order valence-corrected chi connectivity index (χ2v) is 3.65. The molecule has 0 aliphatic carbocycles. The van der Waals surface area contributed by atoms with Crippen molar-refractivity contribution in [1.82, 2.24) is 10.1 Å². The van der Waals surface area contributed by atoms with Crippen LogP contribution in [0.4, 0.5) is 0 Å². The van der Waals surface area contributed by atoms with Gasteiger partial charge in [0.15, 0.2) is 0 Å². The maximum absolute atomic E-state index is 10.7. The Bertz CT molecular complexity index is 365. The molecule has 1 aromatic heterocycles. The molecule has 0 aliphatic heterocycles. The van der Waals surface area contributed by atoms with E-state index in [1.807, 2.05) is 13.8 Å². The second-order valence-electron chi connectivity index (χ2n) is 3.65. The standard InChI is InChI=1S/C11H16N2O3/c1-4-5-13(7-11(14)15)6-10-8(2)12-16-9(10)3/h4H,1,5-7H2,2-3H3,(H,14,15). The SMILES string of the molecule is C=CCN(CC(=O)O)Cc1c(C)noc1C. The minimum atomic E-state index is -0.853. The summed E-state index contributed by atoms with van der Waals surface area (Å²) in [5.74, 6) is -0.120. The van der Waals surface area contributed by atoms with Crippen LogP contribution in [-0.4, -0.2) is 34.2 Å². The molecule has 0 aromatic carbocycles. The van der Waals surface area contributed by atoms with Crippen LogP contribution in [0, 0.1) is 13.8 Å². The Morgan fingerprint density at radius 2 is 2.31 bits per heavy atom. The molecule has 0 saturated heterocycles. The fourth-order valence-electron chi connectivity index (χ4n) is 1.51. The van der Waals surface area contributed by atoms with E-state index in [-0.39, 0.29) is 6.54 Å². The first-order valence-electron chi connectivity index (χ1n) is 5.01. The minimum Gasteiger partial charge on any atom is -0.480 e. The van der Waals surface area contributed by atoms with Crippen molar-refractivity contribution < 1.29 is 14.4 Å². The zero-order chi connectivity index (χ0) is 12.1. The van der Waals surface area contributed by atoms with E-state index in [1.165, 1.54) is 0 Å². The molecule has 1 heterocycles. The molecule has 88 valence electrons. The summed E-state index contributed by atoms with van der Waals surface area (Å²) < 4.78 is 5.03. The smallest absolute Gasteiger partial charge is 0.317 e. The topological polar surface area (TPSA) is 66.6 Å². The average Bonchev–Trinajstić information content (AvgIpc) is 2.49. The van der Waals surface area contributed by atoms with E-state index in [4.69, 9.17) is 9.63 Å². The molecule has 16 heavy (non-hydrogen) atoms. The number of carbonyl (C=O) groups is 1. The van der Waals surface area contributed by atoms with Gasteiger partial charge < -0.3 is 9.63 Å². The Hall–Kier alpha value is -1.62. The third-order valence-corrected chi connectivity index (χ3v) is 2.31. The second kappa shape index (κ2) is 5.46. The van der Waals surface area contributed by atoms with Crippen LogP contribution in [0.2, 0.25) is 0 Å². The van der Waals surface area contributed by atoms with Crippen molar-refractivity contribution >= 4 is 5.97 Å². The van der Waals surface area contributed by atoms with Crippen molar-refractivity contribution in [3.05, 3.63) is 29.7 Å². The molecule has 0 atom stereocenters. The maximum atomic E-state index is 10.7. The molecule has 0 fully saturated rings. The third kappa shape index (κ3) is 3.20. The lowest BCUT2D eigenvalue weighted by molar-refractivity contribution is -0.138. The van der Waals surface area contributed by atoms with Crippen molar-refractivity contribution in [2.24, 2.45) is 0 Å². The number of carboxylic acids is 1. The molecule has 0 saturated carbocycles. The quantitative estimate of drug-likeness (QED) is 0.739. The monoisotopic (exact) mass is 224 g/mol. The van der Waals surface area contributed by atoms with Gasteiger partial charge in [-0.05, 0) is 13.8 Å². The summed E-state index contributed by atoms with van der Waals surface area (Å²) in [4.78, 5) is 12.4. The minimum absolute atomic E-state index is 0.0178. The molecular formula is C11H16N2O3. The molecule has 0 aliphatic rings. The van der Waals surface area contributed by atoms with Gasteiger partial charge in [0.25, 0.3) is 0 Å². The highest BCUT2D eigenvalue weighted by atomic mass is 16.5. The first-order valence-corrected chi connectivity index (χ1v) is 5.01. The largest absolute Gasteiger partial charge is 0.480 e. The van der Waals surface area contributed by atoms with E-state index in [0.717, 1.165) is 17.0 Å². The highest BCUT2D eigenvalue weighted by Crippen LogP contribution is 2.14. The van der Waals surface area contributed by atoms with Crippen LogP contribution in [0.25, 0.3) is 0 Å². The van der Waals surface area contributed by atoms with Gasteiger partial charge in [-0.3, -0.25) is 9.69 Å². The number of rotatable bonds is 6. The Balaban J connectivity index is 2.74. The van der Waals surface area contributed by atoms with Crippen molar-refractivity contribution in [2.75, 3.05) is 13.1 Å². The lowest BCUT2D eigenvalue weighted by Crippen LogP contribution is -2.29. The van der Waals surface area contributed by atoms with Gasteiger partial charge in [0.2, 0.25) is 0 Å². The molecule has 0 bridgehead atoms. The molecule has 5 nitrogen and oxygen atoms in total. The lowest BCUT2D eigenvalue weighted by Gasteiger charge is -2.17. The van der Waals surface area contributed by atoms with Gasteiger partial charge in [0, 0.05) is 18.7 Å². The Labute approximate surface area is 94.3 Å². The van der Waals surface area contributed by atoms with Crippen LogP contribution in [0.3, 0.4) is 0 Å². The number of aryl methyl sites for hydroxylation is 2. The van der Waals surface area contributed by atoms with Gasteiger partial charge in [0.1, 0.15) is 5.76 Å². The van der Waals surface area contributed by atoms with E-state index < -0.39 is 5.97 Å². The fraction of sp³-hybridized carbons (Fsp3) is 0.455. The number of carboxylic acid groups (broad SMARTS) is 1. The first-order chi connectivity index (χ1) is 7.54. The summed E-state index contributed by atoms with van der Waals surface area (Å²) in [7, 11) is 0. The van der Waals surface area contributed by atoms with Crippen molar-refractivity contribution in [3.8, 4) is 0 Å². The molecule has 1 rings (SSSR count). The summed E-state index contributed by atoms with van der Waals surface area (Å²) in [6.07, 6.45) is 1.68. The van der Waals surface area contributed by atoms with E-state index in [0.29, 0.717) is 13.1 Å². The predicted molar refractivity (Wildman–Crippen MR) is 59.1 cm³/mol. The maximum Gasteiger partial charge on any atom is 0.317 e. The molecule has 1 N–H and O–H groups in total. The summed E-state index contributed by atoms with van der Waals surface area (Å²) in [6.45, 7) is 8.30. The van der Waals surface area contributed by atoms with E-state index in [9.17, 15) is 4.79 Å². The Kier molecular flexibility index (Phi) is 4.25. The zero-order valence-electron chi connectivity index (χ0n) is 9.56. The van der Waals surface area contributed by atoms with E-state index in [2.05, 4.69) is 11.7 Å². The van der Waals surface area contributed by atoms with Crippen molar-refractivity contribution in [3.63, 3.8) is 0 Å². The van der Waals surface area contributed by atoms with Gasteiger partial charge >= 0.3 is 5.97 Å². The zero-order valence-corrected chi connectivity index (χ0v) is 9.56. The van der Waals surface area contributed by atoms with Crippen LogP contribution in [-0.2, 0) is 11.3 Å². The lowest BCUT2D eigenvalue weighted by atomic mass is 10.2. The molecule has 0 radical (unpaired) electrons. The van der Waals surface area contributed by atoms with Crippen LogP contribution >= 0.6 is 0 Å². The number of hydrogen-bond donors (Lipinski definition) is 1. The average molecular weight is 224 g/mol. The molecule has 5 heteroatoms. The number of hydrogen-bond acceptors (Lipinski definition) is 4. The Morgan fingerprint density at radius 1 is 1.62 bits per heavy atom. The van der Waals surface area contributed by atoms with Crippen LogP contribution in [0.5, 0.6) is 0 Å². The summed E-state index contributed by atoms with van der Waals surface area (Å²) in [5, 5.41) is 12.6.